The summed E-state index contributed by atoms with van der Waals surface area (Å²) in [7, 11) is -1.92. The summed E-state index contributed by atoms with van der Waals surface area (Å²) >= 11 is 0. The lowest BCUT2D eigenvalue weighted by Gasteiger charge is -2.36. The summed E-state index contributed by atoms with van der Waals surface area (Å²) in [6.07, 6.45) is 4.29. The van der Waals surface area contributed by atoms with Gasteiger partial charge >= 0.3 is 0 Å². The van der Waals surface area contributed by atoms with Gasteiger partial charge in [0.15, 0.2) is 5.03 Å². The van der Waals surface area contributed by atoms with E-state index in [-0.39, 0.29) is 47.8 Å². The van der Waals surface area contributed by atoms with Gasteiger partial charge in [-0.25, -0.2) is 17.8 Å². The van der Waals surface area contributed by atoms with Crippen LogP contribution in [0.25, 0.3) is 0 Å². The van der Waals surface area contributed by atoms with Gasteiger partial charge in [0.25, 0.3) is 10.0 Å². The van der Waals surface area contributed by atoms with Crippen molar-refractivity contribution >= 4 is 15.9 Å². The Bertz CT molecular complexity index is 1050. The average molecular weight is 449 g/mol. The minimum absolute atomic E-state index is 0.00369. The molecule has 31 heavy (non-hydrogen) atoms. The highest BCUT2D eigenvalue weighted by atomic mass is 32.2. The first-order valence-electron chi connectivity index (χ1n) is 10.8. The maximum Gasteiger partial charge on any atom is 0.262 e. The van der Waals surface area contributed by atoms with Crippen molar-refractivity contribution in [2.45, 2.75) is 56.6 Å². The van der Waals surface area contributed by atoms with Crippen LogP contribution in [-0.4, -0.2) is 52.2 Å². The normalized spacial score (nSPS) is 19.4. The van der Waals surface area contributed by atoms with E-state index in [1.807, 2.05) is 11.8 Å². The molecule has 1 aliphatic carbocycles. The smallest absolute Gasteiger partial charge is 0.262 e. The molecule has 0 bridgehead atoms. The van der Waals surface area contributed by atoms with E-state index in [0.717, 1.165) is 12.8 Å². The average Bonchev–Trinajstić information content (AvgIpc) is 3.52. The number of hydrogen-bond acceptors (Lipinski definition) is 4. The molecule has 7 nitrogen and oxygen atoms in total. The molecule has 1 aromatic carbocycles. The largest absolute Gasteiger partial charge is 0.337 e. The number of carbonyl (C=O) groups is 1. The quantitative estimate of drug-likeness (QED) is 0.681. The van der Waals surface area contributed by atoms with Crippen molar-refractivity contribution in [3.05, 3.63) is 47.7 Å². The number of halogens is 1. The minimum Gasteiger partial charge on any atom is -0.337 e. The van der Waals surface area contributed by atoms with Crippen LogP contribution >= 0.6 is 0 Å². The van der Waals surface area contributed by atoms with E-state index in [2.05, 4.69) is 4.98 Å². The highest BCUT2D eigenvalue weighted by Crippen LogP contribution is 2.38. The van der Waals surface area contributed by atoms with Gasteiger partial charge in [0.1, 0.15) is 11.6 Å². The summed E-state index contributed by atoms with van der Waals surface area (Å²) in [5.41, 5.74) is 0.522. The number of aryl methyl sites for hydroxylation is 2. The topological polar surface area (TPSA) is 75.5 Å². The van der Waals surface area contributed by atoms with Gasteiger partial charge in [-0.15, -0.1) is 0 Å². The third kappa shape index (κ3) is 4.25. The Morgan fingerprint density at radius 2 is 1.84 bits per heavy atom. The van der Waals surface area contributed by atoms with Crippen molar-refractivity contribution < 1.29 is 17.6 Å². The molecule has 1 saturated carbocycles. The molecule has 0 N–H and O–H groups in total. The molecule has 2 aliphatic rings. The number of nitrogens with zero attached hydrogens (tertiary/aromatic N) is 4. The standard InChI is InChI=1S/C22H29FN4O3S/c1-15(19-6-4-5-7-20(19)23)27(18-8-9-18)22(28)17-10-12-26(13-11-17)31(29,30)21-14-25(3)16(2)24-21/h4-7,14-15,17-18H,8-13H2,1-3H3. The molecule has 2 aromatic rings. The van der Waals surface area contributed by atoms with Crippen LogP contribution in [-0.2, 0) is 21.9 Å². The Hall–Kier alpha value is -2.26. The Balaban J connectivity index is 1.46. The van der Waals surface area contributed by atoms with Gasteiger partial charge < -0.3 is 9.47 Å². The van der Waals surface area contributed by atoms with Crippen molar-refractivity contribution in [1.82, 2.24) is 18.8 Å². The molecule has 1 unspecified atom stereocenters. The van der Waals surface area contributed by atoms with Gasteiger partial charge in [-0.2, -0.15) is 4.31 Å². The Labute approximate surface area is 182 Å². The fourth-order valence-electron chi connectivity index (χ4n) is 4.34. The number of amides is 1. The summed E-state index contributed by atoms with van der Waals surface area (Å²) in [6, 6.07) is 6.37. The first-order chi connectivity index (χ1) is 14.7. The van der Waals surface area contributed by atoms with Crippen LogP contribution in [0.15, 0.2) is 35.5 Å². The fourth-order valence-corrected chi connectivity index (χ4v) is 5.84. The second-order valence-electron chi connectivity index (χ2n) is 8.59. The number of sulfonamides is 1. The maximum atomic E-state index is 14.3. The number of piperidine rings is 1. The predicted octanol–water partition coefficient (Wildman–Crippen LogP) is 3.02. The molecule has 1 aliphatic heterocycles. The zero-order valence-corrected chi connectivity index (χ0v) is 19.0. The summed E-state index contributed by atoms with van der Waals surface area (Å²) in [5, 5.41) is 0.0464. The van der Waals surface area contributed by atoms with Gasteiger partial charge in [-0.3, -0.25) is 4.79 Å². The van der Waals surface area contributed by atoms with Crippen molar-refractivity contribution in [2.24, 2.45) is 13.0 Å². The van der Waals surface area contributed by atoms with E-state index in [9.17, 15) is 17.6 Å². The number of rotatable bonds is 6. The second kappa shape index (κ2) is 8.35. The monoisotopic (exact) mass is 448 g/mol. The molecule has 0 radical (unpaired) electrons. The van der Waals surface area contributed by atoms with E-state index < -0.39 is 10.0 Å². The SMILES string of the molecule is Cc1nc(S(=O)(=O)N2CCC(C(=O)N(C3CC3)C(C)c3ccccc3F)CC2)cn1C. The Morgan fingerprint density at radius 1 is 1.19 bits per heavy atom. The molecular weight excluding hydrogens is 419 g/mol. The molecule has 1 saturated heterocycles. The van der Waals surface area contributed by atoms with Crippen LogP contribution in [0.2, 0.25) is 0 Å². The molecule has 1 atom stereocenters. The Morgan fingerprint density at radius 3 is 2.39 bits per heavy atom. The van der Waals surface area contributed by atoms with Crippen molar-refractivity contribution in [1.29, 1.82) is 0 Å². The van der Waals surface area contributed by atoms with Crippen LogP contribution in [0.4, 0.5) is 4.39 Å². The predicted molar refractivity (Wildman–Crippen MR) is 114 cm³/mol. The van der Waals surface area contributed by atoms with Gasteiger partial charge in [-0.1, -0.05) is 18.2 Å². The van der Waals surface area contributed by atoms with Crippen LogP contribution in [0.1, 0.15) is 50.0 Å². The van der Waals surface area contributed by atoms with E-state index >= 15 is 0 Å². The second-order valence-corrected chi connectivity index (χ2v) is 10.5. The Kier molecular flexibility index (Phi) is 5.91. The maximum absolute atomic E-state index is 14.3. The summed E-state index contributed by atoms with van der Waals surface area (Å²) < 4.78 is 43.3. The third-order valence-electron chi connectivity index (χ3n) is 6.46. The molecule has 168 valence electrons. The lowest BCUT2D eigenvalue weighted by Crippen LogP contribution is -2.46. The molecule has 1 amide bonds. The van der Waals surface area contributed by atoms with Crippen molar-refractivity contribution in [3.63, 3.8) is 0 Å². The lowest BCUT2D eigenvalue weighted by molar-refractivity contribution is -0.139. The molecular formula is C22H29FN4O3S. The first-order valence-corrected chi connectivity index (χ1v) is 12.2. The number of hydrogen-bond donors (Lipinski definition) is 0. The molecule has 0 spiro atoms. The number of aromatic nitrogens is 2. The number of carbonyl (C=O) groups excluding carboxylic acids is 1. The summed E-state index contributed by atoms with van der Waals surface area (Å²) in [4.78, 5) is 19.4. The molecule has 1 aromatic heterocycles. The van der Waals surface area contributed by atoms with E-state index in [0.29, 0.717) is 24.2 Å². The van der Waals surface area contributed by atoms with E-state index in [1.54, 1.807) is 36.7 Å². The zero-order valence-electron chi connectivity index (χ0n) is 18.2. The molecule has 9 heteroatoms. The van der Waals surface area contributed by atoms with Gasteiger partial charge in [0.05, 0.1) is 6.04 Å². The van der Waals surface area contributed by atoms with Crippen LogP contribution in [0.5, 0.6) is 0 Å². The molecule has 2 fully saturated rings. The zero-order chi connectivity index (χ0) is 22.3. The third-order valence-corrected chi connectivity index (χ3v) is 8.23. The van der Waals surface area contributed by atoms with Crippen molar-refractivity contribution in [3.8, 4) is 0 Å². The highest BCUT2D eigenvalue weighted by Gasteiger charge is 2.41. The minimum atomic E-state index is -3.68. The summed E-state index contributed by atoms with van der Waals surface area (Å²) in [6.45, 7) is 4.19. The first kappa shape index (κ1) is 22.0. The van der Waals surface area contributed by atoms with E-state index in [1.165, 1.54) is 16.6 Å². The molecule has 4 rings (SSSR count). The van der Waals surface area contributed by atoms with Crippen LogP contribution in [0, 0.1) is 18.7 Å². The van der Waals surface area contributed by atoms with E-state index in [4.69, 9.17) is 0 Å². The summed E-state index contributed by atoms with van der Waals surface area (Å²) in [5.74, 6) is 0.0709. The highest BCUT2D eigenvalue weighted by molar-refractivity contribution is 7.89. The van der Waals surface area contributed by atoms with Gasteiger partial charge in [0, 0.05) is 43.9 Å². The van der Waals surface area contributed by atoms with Crippen molar-refractivity contribution in [2.75, 3.05) is 13.1 Å². The number of benzene rings is 1. The molecule has 2 heterocycles. The van der Waals surface area contributed by atoms with Gasteiger partial charge in [-0.05, 0) is 45.6 Å². The lowest BCUT2D eigenvalue weighted by atomic mass is 9.94. The van der Waals surface area contributed by atoms with Gasteiger partial charge in [0.2, 0.25) is 5.91 Å². The van der Waals surface area contributed by atoms with Crippen LogP contribution in [0.3, 0.4) is 0 Å². The van der Waals surface area contributed by atoms with Crippen LogP contribution < -0.4 is 0 Å². The fraction of sp³-hybridized carbons (Fsp3) is 0.545. The number of imidazole rings is 1.